The van der Waals surface area contributed by atoms with Crippen molar-refractivity contribution in [3.8, 4) is 0 Å². The van der Waals surface area contributed by atoms with Gasteiger partial charge in [-0.1, -0.05) is 6.07 Å². The number of rotatable bonds is 5. The van der Waals surface area contributed by atoms with Gasteiger partial charge in [-0.15, -0.1) is 12.4 Å². The molecule has 1 atom stereocenters. The van der Waals surface area contributed by atoms with E-state index in [1.54, 1.807) is 12.1 Å². The summed E-state index contributed by atoms with van der Waals surface area (Å²) < 4.78 is 14.5. The van der Waals surface area contributed by atoms with Gasteiger partial charge in [0.15, 0.2) is 0 Å². The molecular formula is C18H23ClFN3O3. The zero-order valence-electron chi connectivity index (χ0n) is 14.4. The first-order valence-electron chi connectivity index (χ1n) is 8.62. The summed E-state index contributed by atoms with van der Waals surface area (Å²) in [4.78, 5) is 35.6. The molecule has 6 nitrogen and oxygen atoms in total. The van der Waals surface area contributed by atoms with Gasteiger partial charge in [-0.3, -0.25) is 19.8 Å². The third-order valence-corrected chi connectivity index (χ3v) is 4.94. The number of nitrogens with zero attached hydrogens (tertiary/aromatic N) is 1. The molecule has 2 aliphatic rings. The second-order valence-corrected chi connectivity index (χ2v) is 6.63. The van der Waals surface area contributed by atoms with E-state index in [-0.39, 0.29) is 42.4 Å². The molecule has 2 heterocycles. The minimum atomic E-state index is -0.519. The molecule has 2 amide bonds. The summed E-state index contributed by atoms with van der Waals surface area (Å²) in [5.74, 6) is -0.785. The number of anilines is 1. The van der Waals surface area contributed by atoms with Gasteiger partial charge in [0.2, 0.25) is 11.8 Å². The van der Waals surface area contributed by atoms with Crippen LogP contribution in [0.15, 0.2) is 18.2 Å². The lowest BCUT2D eigenvalue weighted by atomic mass is 9.89. The number of aldehydes is 1. The number of amides is 2. The van der Waals surface area contributed by atoms with Crippen molar-refractivity contribution in [2.45, 2.75) is 37.6 Å². The number of hydrogen-bond donors (Lipinski definition) is 2. The lowest BCUT2D eigenvalue weighted by Crippen LogP contribution is -2.47. The molecule has 0 aromatic heterocycles. The second-order valence-electron chi connectivity index (χ2n) is 6.63. The number of piperidine rings is 2. The molecule has 2 saturated heterocycles. The predicted molar refractivity (Wildman–Crippen MR) is 97.9 cm³/mol. The summed E-state index contributed by atoms with van der Waals surface area (Å²) in [6, 6.07) is 4.44. The Morgan fingerprint density at radius 2 is 1.96 bits per heavy atom. The number of carbonyl (C=O) groups is 3. The smallest absolute Gasteiger partial charge is 0.249 e. The minimum Gasteiger partial charge on any atom is -0.374 e. The van der Waals surface area contributed by atoms with E-state index in [9.17, 15) is 18.8 Å². The highest BCUT2D eigenvalue weighted by atomic mass is 35.5. The quantitative estimate of drug-likeness (QED) is 0.599. The summed E-state index contributed by atoms with van der Waals surface area (Å²) in [5, 5.41) is 5.27. The van der Waals surface area contributed by atoms with E-state index in [1.807, 2.05) is 0 Å². The summed E-state index contributed by atoms with van der Waals surface area (Å²) in [6.45, 7) is 2.02. The van der Waals surface area contributed by atoms with Gasteiger partial charge in [0, 0.05) is 12.1 Å². The summed E-state index contributed by atoms with van der Waals surface area (Å²) in [6.07, 6.45) is 3.23. The molecule has 0 bridgehead atoms. The van der Waals surface area contributed by atoms with Gasteiger partial charge in [0.25, 0.3) is 0 Å². The number of imide groups is 1. The molecule has 8 heteroatoms. The molecule has 3 rings (SSSR count). The van der Waals surface area contributed by atoms with Gasteiger partial charge in [-0.25, -0.2) is 4.39 Å². The third-order valence-electron chi connectivity index (χ3n) is 4.94. The summed E-state index contributed by atoms with van der Waals surface area (Å²) in [5.41, 5.74) is 1.22. The van der Waals surface area contributed by atoms with E-state index in [2.05, 4.69) is 15.5 Å². The van der Waals surface area contributed by atoms with Crippen LogP contribution in [0.2, 0.25) is 0 Å². The van der Waals surface area contributed by atoms with E-state index in [1.165, 1.54) is 6.07 Å². The first-order chi connectivity index (χ1) is 12.1. The van der Waals surface area contributed by atoms with Crippen molar-refractivity contribution in [2.24, 2.45) is 0 Å². The Labute approximate surface area is 157 Å². The van der Waals surface area contributed by atoms with Crippen molar-refractivity contribution in [3.05, 3.63) is 29.6 Å². The normalized spacial score (nSPS) is 21.7. The second kappa shape index (κ2) is 9.09. The van der Waals surface area contributed by atoms with Crippen LogP contribution in [0.3, 0.4) is 0 Å². The molecule has 0 aliphatic carbocycles. The minimum absolute atomic E-state index is 0. The average molecular weight is 384 g/mol. The average Bonchev–Trinajstić information content (AvgIpc) is 2.59. The van der Waals surface area contributed by atoms with E-state index >= 15 is 0 Å². The van der Waals surface area contributed by atoms with Crippen LogP contribution < -0.4 is 10.6 Å². The highest BCUT2D eigenvalue weighted by Crippen LogP contribution is 2.31. The first-order valence-corrected chi connectivity index (χ1v) is 8.62. The maximum absolute atomic E-state index is 14.5. The fourth-order valence-corrected chi connectivity index (χ4v) is 3.51. The van der Waals surface area contributed by atoms with E-state index in [0.29, 0.717) is 24.2 Å². The Morgan fingerprint density at radius 1 is 1.23 bits per heavy atom. The topological polar surface area (TPSA) is 78.5 Å². The number of likely N-dealkylation sites (tertiary alicyclic amines) is 1. The van der Waals surface area contributed by atoms with Gasteiger partial charge >= 0.3 is 0 Å². The Morgan fingerprint density at radius 3 is 2.58 bits per heavy atom. The van der Waals surface area contributed by atoms with Crippen molar-refractivity contribution in [1.29, 1.82) is 0 Å². The van der Waals surface area contributed by atoms with Crippen LogP contribution in [-0.4, -0.2) is 48.7 Å². The fraction of sp³-hybridized carbons (Fsp3) is 0.500. The van der Waals surface area contributed by atoms with Crippen LogP contribution >= 0.6 is 12.4 Å². The molecule has 26 heavy (non-hydrogen) atoms. The van der Waals surface area contributed by atoms with Crippen molar-refractivity contribution >= 4 is 36.2 Å². The number of carbonyl (C=O) groups excluding carboxylic acids is 3. The Kier molecular flexibility index (Phi) is 7.11. The van der Waals surface area contributed by atoms with Crippen molar-refractivity contribution in [1.82, 2.24) is 10.2 Å². The maximum Gasteiger partial charge on any atom is 0.249 e. The van der Waals surface area contributed by atoms with Crippen molar-refractivity contribution in [2.75, 3.05) is 25.0 Å². The van der Waals surface area contributed by atoms with E-state index < -0.39 is 6.04 Å². The van der Waals surface area contributed by atoms with E-state index in [4.69, 9.17) is 0 Å². The number of hydrogen-bond acceptors (Lipinski definition) is 5. The highest BCUT2D eigenvalue weighted by Gasteiger charge is 2.27. The van der Waals surface area contributed by atoms with Crippen LogP contribution in [0.1, 0.15) is 37.2 Å². The monoisotopic (exact) mass is 383 g/mol. The summed E-state index contributed by atoms with van der Waals surface area (Å²) >= 11 is 0. The maximum atomic E-state index is 14.5. The van der Waals surface area contributed by atoms with E-state index in [0.717, 1.165) is 32.2 Å². The van der Waals surface area contributed by atoms with Gasteiger partial charge in [-0.05, 0) is 56.0 Å². The number of benzene rings is 1. The zero-order chi connectivity index (χ0) is 17.8. The van der Waals surface area contributed by atoms with Crippen LogP contribution in [0.4, 0.5) is 10.1 Å². The Balaban J connectivity index is 0.00000243. The molecule has 1 aromatic carbocycles. The molecule has 0 saturated carbocycles. The molecule has 1 unspecified atom stereocenters. The lowest BCUT2D eigenvalue weighted by molar-refractivity contribution is -0.133. The molecule has 2 aliphatic heterocycles. The fourth-order valence-electron chi connectivity index (χ4n) is 3.51. The number of halogens is 2. The molecule has 142 valence electrons. The molecule has 2 fully saturated rings. The first kappa shape index (κ1) is 20.3. The largest absolute Gasteiger partial charge is 0.374 e. The standard InChI is InChI=1S/C18H22FN3O3.ClH/c19-15-11-13(20-16-3-4-17(24)21-18(16)25)1-2-14(15)12-5-7-22(8-6-12)9-10-23;/h1-2,10-12,16,20H,3-9H2,(H,21,24,25);1H. The molecule has 1 aromatic rings. The van der Waals surface area contributed by atoms with Crippen LogP contribution in [0, 0.1) is 5.82 Å². The molecule has 0 radical (unpaired) electrons. The van der Waals surface area contributed by atoms with Gasteiger partial charge < -0.3 is 10.1 Å². The van der Waals surface area contributed by atoms with Crippen molar-refractivity contribution < 1.29 is 18.8 Å². The Bertz CT molecular complexity index is 678. The highest BCUT2D eigenvalue weighted by molar-refractivity contribution is 6.01. The van der Waals surface area contributed by atoms with Crippen LogP contribution in [-0.2, 0) is 14.4 Å². The number of nitrogens with one attached hydrogen (secondary N) is 2. The van der Waals surface area contributed by atoms with Crippen molar-refractivity contribution in [3.63, 3.8) is 0 Å². The lowest BCUT2D eigenvalue weighted by Gasteiger charge is -2.31. The zero-order valence-corrected chi connectivity index (χ0v) is 15.2. The molecule has 2 N–H and O–H groups in total. The predicted octanol–water partition coefficient (Wildman–Crippen LogP) is 1.84. The van der Waals surface area contributed by atoms with Crippen LogP contribution in [0.25, 0.3) is 0 Å². The SMILES string of the molecule is Cl.O=CCN1CCC(c2ccc(NC3CCC(=O)NC3=O)cc2F)CC1. The third kappa shape index (κ3) is 4.80. The van der Waals surface area contributed by atoms with Gasteiger partial charge in [-0.2, -0.15) is 0 Å². The molecular weight excluding hydrogens is 361 g/mol. The van der Waals surface area contributed by atoms with Crippen LogP contribution in [0.5, 0.6) is 0 Å². The molecule has 0 spiro atoms. The van der Waals surface area contributed by atoms with Gasteiger partial charge in [0.1, 0.15) is 18.1 Å². The Hall–Kier alpha value is -1.99. The van der Waals surface area contributed by atoms with Gasteiger partial charge in [0.05, 0.1) is 6.54 Å². The summed E-state index contributed by atoms with van der Waals surface area (Å²) in [7, 11) is 0.